The third-order valence-corrected chi connectivity index (χ3v) is 5.00. The van der Waals surface area contributed by atoms with Gasteiger partial charge in [0.05, 0.1) is 6.54 Å². The molecule has 5 nitrogen and oxygen atoms in total. The Bertz CT molecular complexity index is 962. The van der Waals surface area contributed by atoms with Gasteiger partial charge in [0, 0.05) is 18.9 Å². The SMILES string of the molecule is Cc1ccc2nc(C(=O)N3CCC(O)(c4ccccc4C)C3)cn2c1. The molecule has 5 heteroatoms. The molecule has 128 valence electrons. The first kappa shape index (κ1) is 15.8. The molecule has 0 saturated carbocycles. The zero-order valence-electron chi connectivity index (χ0n) is 14.4. The summed E-state index contributed by atoms with van der Waals surface area (Å²) in [5.74, 6) is -0.133. The van der Waals surface area contributed by atoms with Crippen LogP contribution in [0.4, 0.5) is 0 Å². The normalized spacial score (nSPS) is 20.4. The number of rotatable bonds is 2. The molecule has 1 aliphatic rings. The van der Waals surface area contributed by atoms with E-state index in [9.17, 15) is 9.90 Å². The van der Waals surface area contributed by atoms with Crippen molar-refractivity contribution in [3.8, 4) is 0 Å². The van der Waals surface area contributed by atoms with E-state index in [0.29, 0.717) is 25.2 Å². The Morgan fingerprint density at radius 2 is 1.96 bits per heavy atom. The van der Waals surface area contributed by atoms with Gasteiger partial charge in [0.15, 0.2) is 0 Å². The predicted octanol–water partition coefficient (Wildman–Crippen LogP) is 2.68. The van der Waals surface area contributed by atoms with Gasteiger partial charge in [0.1, 0.15) is 16.9 Å². The number of benzene rings is 1. The van der Waals surface area contributed by atoms with Crippen LogP contribution in [0.1, 0.15) is 33.6 Å². The van der Waals surface area contributed by atoms with Crippen molar-refractivity contribution in [2.45, 2.75) is 25.9 Å². The molecule has 1 fully saturated rings. The van der Waals surface area contributed by atoms with Gasteiger partial charge in [-0.15, -0.1) is 0 Å². The summed E-state index contributed by atoms with van der Waals surface area (Å²) in [6.45, 7) is 4.81. The summed E-state index contributed by atoms with van der Waals surface area (Å²) in [6.07, 6.45) is 4.25. The van der Waals surface area contributed by atoms with Gasteiger partial charge in [-0.2, -0.15) is 0 Å². The molecule has 0 spiro atoms. The Hall–Kier alpha value is -2.66. The highest BCUT2D eigenvalue weighted by Crippen LogP contribution is 2.34. The molecule has 2 aromatic heterocycles. The number of pyridine rings is 1. The van der Waals surface area contributed by atoms with Crippen LogP contribution < -0.4 is 0 Å². The molecule has 1 aliphatic heterocycles. The number of fused-ring (bicyclic) bond motifs is 1. The molecular formula is C20H21N3O2. The van der Waals surface area contributed by atoms with Crippen molar-refractivity contribution in [2.75, 3.05) is 13.1 Å². The summed E-state index contributed by atoms with van der Waals surface area (Å²) in [6, 6.07) is 11.7. The Morgan fingerprint density at radius 3 is 2.76 bits per heavy atom. The number of aromatic nitrogens is 2. The zero-order chi connectivity index (χ0) is 17.6. The molecule has 3 heterocycles. The van der Waals surface area contributed by atoms with E-state index in [4.69, 9.17) is 0 Å². The highest BCUT2D eigenvalue weighted by Gasteiger charge is 2.41. The van der Waals surface area contributed by atoms with Gasteiger partial charge in [-0.25, -0.2) is 4.98 Å². The summed E-state index contributed by atoms with van der Waals surface area (Å²) < 4.78 is 1.87. The lowest BCUT2D eigenvalue weighted by atomic mass is 9.89. The fourth-order valence-electron chi connectivity index (χ4n) is 3.65. The van der Waals surface area contributed by atoms with Gasteiger partial charge in [-0.05, 0) is 43.0 Å². The molecule has 0 aliphatic carbocycles. The van der Waals surface area contributed by atoms with Gasteiger partial charge >= 0.3 is 0 Å². The topological polar surface area (TPSA) is 57.8 Å². The number of hydrogen-bond donors (Lipinski definition) is 1. The maximum Gasteiger partial charge on any atom is 0.274 e. The van der Waals surface area contributed by atoms with Crippen molar-refractivity contribution in [1.82, 2.24) is 14.3 Å². The maximum absolute atomic E-state index is 12.8. The molecule has 1 atom stereocenters. The monoisotopic (exact) mass is 335 g/mol. The number of nitrogens with zero attached hydrogens (tertiary/aromatic N) is 3. The molecule has 25 heavy (non-hydrogen) atoms. The average molecular weight is 335 g/mol. The van der Waals surface area contributed by atoms with Gasteiger partial charge in [-0.1, -0.05) is 30.3 Å². The van der Waals surface area contributed by atoms with Crippen LogP contribution in [-0.2, 0) is 5.60 Å². The first-order valence-corrected chi connectivity index (χ1v) is 8.49. The minimum absolute atomic E-state index is 0.133. The largest absolute Gasteiger partial charge is 0.383 e. The highest BCUT2D eigenvalue weighted by atomic mass is 16.3. The number of carbonyl (C=O) groups is 1. The minimum Gasteiger partial charge on any atom is -0.383 e. The van der Waals surface area contributed by atoms with Crippen LogP contribution in [-0.4, -0.2) is 38.4 Å². The third-order valence-electron chi connectivity index (χ3n) is 5.00. The summed E-state index contributed by atoms with van der Waals surface area (Å²) in [7, 11) is 0. The summed E-state index contributed by atoms with van der Waals surface area (Å²) >= 11 is 0. The number of carbonyl (C=O) groups excluding carboxylic acids is 1. The van der Waals surface area contributed by atoms with Crippen LogP contribution in [0.2, 0.25) is 0 Å². The standard InChI is InChI=1S/C20H21N3O2/c1-14-7-8-18-21-17(12-23(18)11-14)19(24)22-10-9-20(25,13-22)16-6-4-3-5-15(16)2/h3-8,11-12,25H,9-10,13H2,1-2H3. The predicted molar refractivity (Wildman–Crippen MR) is 95.5 cm³/mol. The van der Waals surface area contributed by atoms with Gasteiger partial charge in [0.2, 0.25) is 0 Å². The van der Waals surface area contributed by atoms with Gasteiger partial charge < -0.3 is 14.4 Å². The smallest absolute Gasteiger partial charge is 0.274 e. The molecule has 1 unspecified atom stereocenters. The van der Waals surface area contributed by atoms with Gasteiger partial charge in [0.25, 0.3) is 5.91 Å². The first-order chi connectivity index (χ1) is 12.0. The molecule has 0 bridgehead atoms. The number of amides is 1. The lowest BCUT2D eigenvalue weighted by molar-refractivity contribution is 0.0411. The van der Waals surface area contributed by atoms with Crippen LogP contribution in [0.3, 0.4) is 0 Å². The second kappa shape index (κ2) is 5.70. The van der Waals surface area contributed by atoms with E-state index in [1.54, 1.807) is 11.1 Å². The molecule has 1 N–H and O–H groups in total. The van der Waals surface area contributed by atoms with Crippen LogP contribution >= 0.6 is 0 Å². The van der Waals surface area contributed by atoms with Crippen LogP contribution in [0.5, 0.6) is 0 Å². The Labute approximate surface area is 146 Å². The zero-order valence-corrected chi connectivity index (χ0v) is 14.4. The average Bonchev–Trinajstić information content (AvgIpc) is 3.18. The Morgan fingerprint density at radius 1 is 1.16 bits per heavy atom. The molecule has 1 amide bonds. The fraction of sp³-hybridized carbons (Fsp3) is 0.300. The Kier molecular flexibility index (Phi) is 3.62. The van der Waals surface area contributed by atoms with E-state index in [1.807, 2.05) is 60.8 Å². The molecule has 1 saturated heterocycles. The number of imidazole rings is 1. The van der Waals surface area contributed by atoms with Crippen LogP contribution in [0, 0.1) is 13.8 Å². The summed E-state index contributed by atoms with van der Waals surface area (Å²) in [5, 5.41) is 11.1. The van der Waals surface area contributed by atoms with Crippen molar-refractivity contribution in [3.63, 3.8) is 0 Å². The molecule has 4 rings (SSSR count). The van der Waals surface area contributed by atoms with E-state index >= 15 is 0 Å². The van der Waals surface area contributed by atoms with E-state index in [2.05, 4.69) is 4.98 Å². The number of aliphatic hydroxyl groups is 1. The molecule has 0 radical (unpaired) electrons. The summed E-state index contributed by atoms with van der Waals surface area (Å²) in [5.41, 5.74) is 3.23. The molecular weight excluding hydrogens is 314 g/mol. The van der Waals surface area contributed by atoms with Crippen LogP contribution in [0.15, 0.2) is 48.8 Å². The quantitative estimate of drug-likeness (QED) is 0.783. The second-order valence-corrected chi connectivity index (χ2v) is 6.92. The second-order valence-electron chi connectivity index (χ2n) is 6.92. The van der Waals surface area contributed by atoms with E-state index in [1.165, 1.54) is 0 Å². The fourth-order valence-corrected chi connectivity index (χ4v) is 3.65. The Balaban J connectivity index is 1.60. The number of aryl methyl sites for hydroxylation is 2. The lowest BCUT2D eigenvalue weighted by Crippen LogP contribution is -2.35. The molecule has 3 aromatic rings. The molecule has 1 aromatic carbocycles. The number of β-amino-alcohol motifs (C(OH)–C–C–N with tert-alkyl or cyclic N) is 1. The number of hydrogen-bond acceptors (Lipinski definition) is 3. The lowest BCUT2D eigenvalue weighted by Gasteiger charge is -2.25. The minimum atomic E-state index is -0.989. The number of likely N-dealkylation sites (tertiary alicyclic amines) is 1. The first-order valence-electron chi connectivity index (χ1n) is 8.49. The van der Waals surface area contributed by atoms with E-state index < -0.39 is 5.60 Å². The van der Waals surface area contributed by atoms with Crippen molar-refractivity contribution in [1.29, 1.82) is 0 Å². The van der Waals surface area contributed by atoms with Crippen molar-refractivity contribution >= 4 is 11.6 Å². The van der Waals surface area contributed by atoms with Gasteiger partial charge in [-0.3, -0.25) is 4.79 Å². The highest BCUT2D eigenvalue weighted by molar-refractivity contribution is 5.93. The summed E-state index contributed by atoms with van der Waals surface area (Å²) in [4.78, 5) is 19.0. The maximum atomic E-state index is 12.8. The van der Waals surface area contributed by atoms with Crippen molar-refractivity contribution in [2.24, 2.45) is 0 Å². The van der Waals surface area contributed by atoms with Crippen molar-refractivity contribution in [3.05, 3.63) is 71.2 Å². The van der Waals surface area contributed by atoms with Crippen LogP contribution in [0.25, 0.3) is 5.65 Å². The van der Waals surface area contributed by atoms with Crippen molar-refractivity contribution < 1.29 is 9.90 Å². The van der Waals surface area contributed by atoms with E-state index in [0.717, 1.165) is 22.3 Å². The van der Waals surface area contributed by atoms with E-state index in [-0.39, 0.29) is 5.91 Å². The third kappa shape index (κ3) is 2.70.